The first-order chi connectivity index (χ1) is 8.71. The van der Waals surface area contributed by atoms with Gasteiger partial charge in [-0.3, -0.25) is 4.68 Å². The van der Waals surface area contributed by atoms with Gasteiger partial charge in [-0.25, -0.2) is 4.98 Å². The number of hydrogen-bond donors (Lipinski definition) is 1. The van der Waals surface area contributed by atoms with Crippen molar-refractivity contribution < 1.29 is 13.2 Å². The topological polar surface area (TPSA) is 56.7 Å². The van der Waals surface area contributed by atoms with Crippen molar-refractivity contribution in [2.45, 2.75) is 26.1 Å². The van der Waals surface area contributed by atoms with Crippen molar-refractivity contribution >= 4 is 11.3 Å². The molecule has 19 heavy (non-hydrogen) atoms. The predicted molar refractivity (Wildman–Crippen MR) is 65.8 cm³/mol. The number of nitrogens with two attached hydrogens (primary N) is 1. The Hall–Kier alpha value is -1.41. The molecule has 2 aromatic heterocycles. The highest BCUT2D eigenvalue weighted by Gasteiger charge is 2.35. The SMILES string of the molecule is Cc1nn(C)c(C)c1C(N)c1cnc(C(F)(F)F)s1. The summed E-state index contributed by atoms with van der Waals surface area (Å²) in [6.07, 6.45) is -3.24. The Morgan fingerprint density at radius 3 is 2.42 bits per heavy atom. The van der Waals surface area contributed by atoms with Gasteiger partial charge < -0.3 is 5.73 Å². The van der Waals surface area contributed by atoms with Crippen LogP contribution in [0.15, 0.2) is 6.20 Å². The van der Waals surface area contributed by atoms with Crippen molar-refractivity contribution in [3.63, 3.8) is 0 Å². The van der Waals surface area contributed by atoms with Crippen LogP contribution in [0.25, 0.3) is 0 Å². The van der Waals surface area contributed by atoms with Gasteiger partial charge in [0.15, 0.2) is 5.01 Å². The third kappa shape index (κ3) is 2.50. The molecule has 0 saturated heterocycles. The minimum absolute atomic E-state index is 0.381. The second kappa shape index (κ2) is 4.61. The molecule has 2 rings (SSSR count). The van der Waals surface area contributed by atoms with Crippen LogP contribution in [0.1, 0.15) is 32.9 Å². The maximum atomic E-state index is 12.5. The first-order valence-corrected chi connectivity index (χ1v) is 6.32. The fraction of sp³-hybridized carbons (Fsp3) is 0.455. The molecule has 0 aliphatic rings. The molecule has 2 aromatic rings. The smallest absolute Gasteiger partial charge is 0.319 e. The molecule has 0 aliphatic heterocycles. The first kappa shape index (κ1) is 14.0. The highest BCUT2D eigenvalue weighted by molar-refractivity contribution is 7.11. The van der Waals surface area contributed by atoms with Gasteiger partial charge in [0, 0.05) is 29.4 Å². The maximum absolute atomic E-state index is 12.5. The lowest BCUT2D eigenvalue weighted by Gasteiger charge is -2.10. The van der Waals surface area contributed by atoms with E-state index in [1.54, 1.807) is 18.7 Å². The predicted octanol–water partition coefficient (Wildman–Crippen LogP) is 2.56. The minimum Gasteiger partial charge on any atom is -0.319 e. The second-order valence-corrected chi connectivity index (χ2v) is 5.31. The molecular weight excluding hydrogens is 277 g/mol. The van der Waals surface area contributed by atoms with E-state index in [-0.39, 0.29) is 0 Å². The number of rotatable bonds is 2. The Kier molecular flexibility index (Phi) is 3.40. The number of aryl methyl sites for hydroxylation is 2. The van der Waals surface area contributed by atoms with Crippen LogP contribution in [0.4, 0.5) is 13.2 Å². The van der Waals surface area contributed by atoms with E-state index in [4.69, 9.17) is 5.73 Å². The van der Waals surface area contributed by atoms with E-state index >= 15 is 0 Å². The van der Waals surface area contributed by atoms with Gasteiger partial charge in [-0.1, -0.05) is 0 Å². The van der Waals surface area contributed by atoms with E-state index in [0.717, 1.165) is 17.0 Å². The van der Waals surface area contributed by atoms with Crippen LogP contribution < -0.4 is 5.73 Å². The van der Waals surface area contributed by atoms with Gasteiger partial charge in [-0.15, -0.1) is 11.3 Å². The molecule has 0 fully saturated rings. The number of hydrogen-bond acceptors (Lipinski definition) is 4. The first-order valence-electron chi connectivity index (χ1n) is 5.50. The molecule has 2 heterocycles. The van der Waals surface area contributed by atoms with Gasteiger partial charge in [0.05, 0.1) is 11.7 Å². The van der Waals surface area contributed by atoms with Crippen LogP contribution >= 0.6 is 11.3 Å². The fourth-order valence-corrected chi connectivity index (χ4v) is 2.74. The number of nitrogens with zero attached hydrogens (tertiary/aromatic N) is 3. The molecule has 8 heteroatoms. The minimum atomic E-state index is -4.43. The van der Waals surface area contributed by atoms with E-state index in [0.29, 0.717) is 16.2 Å². The summed E-state index contributed by atoms with van der Waals surface area (Å²) in [6, 6.07) is -0.637. The van der Waals surface area contributed by atoms with Crippen molar-refractivity contribution in [1.29, 1.82) is 0 Å². The molecular formula is C11H13F3N4S. The summed E-state index contributed by atoms with van der Waals surface area (Å²) in [5.41, 5.74) is 8.34. The normalized spacial score (nSPS) is 13.8. The Morgan fingerprint density at radius 2 is 2.00 bits per heavy atom. The molecule has 0 saturated carbocycles. The molecule has 0 bridgehead atoms. The van der Waals surface area contributed by atoms with E-state index in [2.05, 4.69) is 10.1 Å². The lowest BCUT2D eigenvalue weighted by molar-refractivity contribution is -0.137. The zero-order valence-corrected chi connectivity index (χ0v) is 11.4. The summed E-state index contributed by atoms with van der Waals surface area (Å²) in [4.78, 5) is 3.77. The Bertz CT molecular complexity index is 600. The van der Waals surface area contributed by atoms with Crippen molar-refractivity contribution in [2.75, 3.05) is 0 Å². The molecule has 0 aliphatic carbocycles. The lowest BCUT2D eigenvalue weighted by atomic mass is 10.1. The van der Waals surface area contributed by atoms with Crippen molar-refractivity contribution in [1.82, 2.24) is 14.8 Å². The van der Waals surface area contributed by atoms with Crippen LogP contribution in [0, 0.1) is 13.8 Å². The summed E-state index contributed by atoms with van der Waals surface area (Å²) >= 11 is 0.571. The summed E-state index contributed by atoms with van der Waals surface area (Å²) in [5, 5.41) is 3.33. The van der Waals surface area contributed by atoms with Crippen LogP contribution in [-0.4, -0.2) is 14.8 Å². The standard InChI is InChI=1S/C11H13F3N4S/c1-5-8(6(2)18(3)17-5)9(15)7-4-16-10(19-7)11(12,13)14/h4,9H,15H2,1-3H3. The van der Waals surface area contributed by atoms with Gasteiger partial charge in [0.1, 0.15) is 0 Å². The van der Waals surface area contributed by atoms with Gasteiger partial charge in [-0.05, 0) is 13.8 Å². The molecule has 104 valence electrons. The number of aromatic nitrogens is 3. The van der Waals surface area contributed by atoms with Crippen LogP contribution in [-0.2, 0) is 13.2 Å². The summed E-state index contributed by atoms with van der Waals surface area (Å²) < 4.78 is 39.2. The summed E-state index contributed by atoms with van der Waals surface area (Å²) in [5.74, 6) is 0. The van der Waals surface area contributed by atoms with E-state index < -0.39 is 17.2 Å². The van der Waals surface area contributed by atoms with E-state index in [9.17, 15) is 13.2 Å². The van der Waals surface area contributed by atoms with E-state index in [1.165, 1.54) is 6.20 Å². The molecule has 1 atom stereocenters. The molecule has 1 unspecified atom stereocenters. The molecule has 4 nitrogen and oxygen atoms in total. The summed E-state index contributed by atoms with van der Waals surface area (Å²) in [6.45, 7) is 3.62. The zero-order chi connectivity index (χ0) is 14.4. The Balaban J connectivity index is 2.39. The number of thiazole rings is 1. The largest absolute Gasteiger partial charge is 0.443 e. The molecule has 0 amide bonds. The van der Waals surface area contributed by atoms with Crippen molar-refractivity contribution in [3.05, 3.63) is 33.0 Å². The average Bonchev–Trinajstić information content (AvgIpc) is 2.84. The fourth-order valence-electron chi connectivity index (χ4n) is 1.94. The number of alkyl halides is 3. The van der Waals surface area contributed by atoms with Crippen LogP contribution in [0.3, 0.4) is 0 Å². The van der Waals surface area contributed by atoms with Gasteiger partial charge >= 0.3 is 6.18 Å². The maximum Gasteiger partial charge on any atom is 0.443 e. The molecule has 0 aromatic carbocycles. The molecule has 0 radical (unpaired) electrons. The Labute approximate surface area is 112 Å². The zero-order valence-electron chi connectivity index (χ0n) is 10.6. The third-order valence-electron chi connectivity index (χ3n) is 2.95. The van der Waals surface area contributed by atoms with Gasteiger partial charge in [0.25, 0.3) is 0 Å². The van der Waals surface area contributed by atoms with Crippen molar-refractivity contribution in [2.24, 2.45) is 12.8 Å². The average molecular weight is 290 g/mol. The quantitative estimate of drug-likeness (QED) is 0.924. The van der Waals surface area contributed by atoms with Crippen molar-refractivity contribution in [3.8, 4) is 0 Å². The highest BCUT2D eigenvalue weighted by Crippen LogP contribution is 2.36. The van der Waals surface area contributed by atoms with E-state index in [1.807, 2.05) is 6.92 Å². The Morgan fingerprint density at radius 1 is 1.37 bits per heavy atom. The van der Waals surface area contributed by atoms with Crippen LogP contribution in [0.5, 0.6) is 0 Å². The second-order valence-electron chi connectivity index (χ2n) is 4.25. The molecule has 2 N–H and O–H groups in total. The van der Waals surface area contributed by atoms with Crippen LogP contribution in [0.2, 0.25) is 0 Å². The third-order valence-corrected chi connectivity index (χ3v) is 4.07. The molecule has 0 spiro atoms. The summed E-state index contributed by atoms with van der Waals surface area (Å²) in [7, 11) is 1.77. The highest BCUT2D eigenvalue weighted by atomic mass is 32.1. The lowest BCUT2D eigenvalue weighted by Crippen LogP contribution is -2.12. The van der Waals surface area contributed by atoms with Gasteiger partial charge in [-0.2, -0.15) is 18.3 Å². The number of halogens is 3. The van der Waals surface area contributed by atoms with Gasteiger partial charge in [0.2, 0.25) is 0 Å². The monoisotopic (exact) mass is 290 g/mol.